The summed E-state index contributed by atoms with van der Waals surface area (Å²) in [5, 5.41) is 7.25. The number of hydrogen-bond donors (Lipinski definition) is 0. The maximum Gasteiger partial charge on any atom is 0.144 e. The molecular formula is C41H28O. The monoisotopic (exact) mass is 536 g/mol. The van der Waals surface area contributed by atoms with Crippen molar-refractivity contribution in [2.45, 2.75) is 19.3 Å². The molecule has 8 aromatic rings. The van der Waals surface area contributed by atoms with Crippen molar-refractivity contribution >= 4 is 43.5 Å². The van der Waals surface area contributed by atoms with Crippen LogP contribution in [0.15, 0.2) is 138 Å². The highest BCUT2D eigenvalue weighted by molar-refractivity contribution is 6.26. The summed E-state index contributed by atoms with van der Waals surface area (Å²) < 4.78 is 6.80. The van der Waals surface area contributed by atoms with Gasteiger partial charge in [-0.2, -0.15) is 0 Å². The van der Waals surface area contributed by atoms with Gasteiger partial charge >= 0.3 is 0 Å². The first-order valence-corrected chi connectivity index (χ1v) is 14.7. The fraction of sp³-hybridized carbons (Fsp3) is 0.0732. The second kappa shape index (κ2) is 8.44. The van der Waals surface area contributed by atoms with Crippen molar-refractivity contribution in [2.75, 3.05) is 0 Å². The van der Waals surface area contributed by atoms with E-state index in [9.17, 15) is 0 Å². The minimum atomic E-state index is -0.0691. The van der Waals surface area contributed by atoms with Crippen LogP contribution in [0, 0.1) is 0 Å². The third-order valence-electron chi connectivity index (χ3n) is 9.45. The number of para-hydroxylation sites is 1. The molecule has 1 heterocycles. The van der Waals surface area contributed by atoms with Gasteiger partial charge in [0.15, 0.2) is 0 Å². The minimum Gasteiger partial charge on any atom is -0.455 e. The second-order valence-corrected chi connectivity index (χ2v) is 12.1. The van der Waals surface area contributed by atoms with Crippen LogP contribution in [-0.2, 0) is 5.41 Å². The molecule has 0 atom stereocenters. The predicted octanol–water partition coefficient (Wildman–Crippen LogP) is 11.5. The Hall–Kier alpha value is -5.14. The van der Waals surface area contributed by atoms with Gasteiger partial charge in [-0.25, -0.2) is 0 Å². The van der Waals surface area contributed by atoms with Gasteiger partial charge in [-0.3, -0.25) is 0 Å². The smallest absolute Gasteiger partial charge is 0.144 e. The molecule has 0 aliphatic heterocycles. The predicted molar refractivity (Wildman–Crippen MR) is 177 cm³/mol. The molecule has 0 saturated carbocycles. The van der Waals surface area contributed by atoms with E-state index in [1.807, 2.05) is 0 Å². The topological polar surface area (TPSA) is 13.1 Å². The van der Waals surface area contributed by atoms with E-state index in [1.54, 1.807) is 0 Å². The molecule has 9 rings (SSSR count). The van der Waals surface area contributed by atoms with Crippen LogP contribution in [0.4, 0.5) is 0 Å². The highest BCUT2D eigenvalue weighted by Gasteiger charge is 2.35. The maximum atomic E-state index is 6.80. The molecule has 7 aromatic carbocycles. The molecule has 0 fully saturated rings. The molecule has 0 unspecified atom stereocenters. The van der Waals surface area contributed by atoms with Gasteiger partial charge in [0.05, 0.1) is 0 Å². The number of benzene rings is 7. The number of hydrogen-bond acceptors (Lipinski definition) is 1. The Bertz CT molecular complexity index is 2380. The van der Waals surface area contributed by atoms with E-state index >= 15 is 0 Å². The fourth-order valence-electron chi connectivity index (χ4n) is 7.44. The van der Waals surface area contributed by atoms with Crippen LogP contribution in [0.1, 0.15) is 25.0 Å². The first-order chi connectivity index (χ1) is 20.6. The van der Waals surface area contributed by atoms with Gasteiger partial charge in [-0.15, -0.1) is 0 Å². The minimum absolute atomic E-state index is 0.0691. The van der Waals surface area contributed by atoms with Gasteiger partial charge in [0, 0.05) is 27.3 Å². The molecule has 0 saturated heterocycles. The van der Waals surface area contributed by atoms with Crippen molar-refractivity contribution in [3.63, 3.8) is 0 Å². The van der Waals surface area contributed by atoms with Gasteiger partial charge < -0.3 is 4.42 Å². The molecule has 1 nitrogen and oxygen atoms in total. The molecule has 1 aliphatic carbocycles. The number of furan rings is 1. The van der Waals surface area contributed by atoms with Crippen LogP contribution in [-0.4, -0.2) is 0 Å². The molecule has 0 radical (unpaired) electrons. The average Bonchev–Trinajstić information content (AvgIpc) is 3.52. The summed E-state index contributed by atoms with van der Waals surface area (Å²) in [4.78, 5) is 0. The largest absolute Gasteiger partial charge is 0.455 e. The standard InChI is InChI=1S/C41H28O/c1-41(2)34-17-9-7-13-29(34)30-22-21-28(24-35(30)41)37-31-14-5-6-15-32(31)38(27-20-19-25-11-3-4-12-26(25)23-27)40-39(37)33-16-8-10-18-36(33)42-40/h3-24H,1-2H3. The highest BCUT2D eigenvalue weighted by Crippen LogP contribution is 2.52. The van der Waals surface area contributed by atoms with Gasteiger partial charge in [0.1, 0.15) is 11.2 Å². The van der Waals surface area contributed by atoms with E-state index in [0.29, 0.717) is 0 Å². The molecule has 0 N–H and O–H groups in total. The van der Waals surface area contributed by atoms with Gasteiger partial charge in [-0.05, 0) is 73.1 Å². The Morgan fingerprint density at radius 3 is 1.95 bits per heavy atom. The third-order valence-corrected chi connectivity index (χ3v) is 9.45. The summed E-state index contributed by atoms with van der Waals surface area (Å²) in [7, 11) is 0. The van der Waals surface area contributed by atoms with E-state index in [-0.39, 0.29) is 5.41 Å². The van der Waals surface area contributed by atoms with Crippen LogP contribution >= 0.6 is 0 Å². The van der Waals surface area contributed by atoms with E-state index in [1.165, 1.54) is 65.9 Å². The lowest BCUT2D eigenvalue weighted by molar-refractivity contribution is 0.660. The van der Waals surface area contributed by atoms with Gasteiger partial charge in [-0.1, -0.05) is 129 Å². The van der Waals surface area contributed by atoms with Crippen molar-refractivity contribution in [3.8, 4) is 33.4 Å². The highest BCUT2D eigenvalue weighted by atomic mass is 16.3. The Morgan fingerprint density at radius 2 is 1.10 bits per heavy atom. The SMILES string of the molecule is CC1(C)c2ccccc2-c2ccc(-c3c4ccccc4c(-c4ccc5ccccc5c4)c4oc5ccccc5c34)cc21. The Labute approximate surface area is 244 Å². The van der Waals surface area contributed by atoms with Crippen LogP contribution < -0.4 is 0 Å². The molecule has 0 bridgehead atoms. The zero-order valence-corrected chi connectivity index (χ0v) is 23.6. The van der Waals surface area contributed by atoms with E-state index in [2.05, 4.69) is 147 Å². The fourth-order valence-corrected chi connectivity index (χ4v) is 7.44. The Kier molecular flexibility index (Phi) is 4.73. The summed E-state index contributed by atoms with van der Waals surface area (Å²) in [6.45, 7) is 4.70. The van der Waals surface area contributed by atoms with Gasteiger partial charge in [0.25, 0.3) is 0 Å². The second-order valence-electron chi connectivity index (χ2n) is 12.1. The molecule has 0 amide bonds. The molecule has 1 aromatic heterocycles. The van der Waals surface area contributed by atoms with E-state index in [0.717, 1.165) is 22.1 Å². The van der Waals surface area contributed by atoms with Crippen LogP contribution in [0.5, 0.6) is 0 Å². The van der Waals surface area contributed by atoms with Crippen molar-refractivity contribution < 1.29 is 4.42 Å². The molecule has 198 valence electrons. The Morgan fingerprint density at radius 1 is 0.476 bits per heavy atom. The van der Waals surface area contributed by atoms with Crippen molar-refractivity contribution in [3.05, 3.63) is 145 Å². The summed E-state index contributed by atoms with van der Waals surface area (Å²) in [5.41, 5.74) is 12.0. The average molecular weight is 537 g/mol. The normalized spacial score (nSPS) is 13.7. The number of rotatable bonds is 2. The summed E-state index contributed by atoms with van der Waals surface area (Å²) in [6.07, 6.45) is 0. The van der Waals surface area contributed by atoms with Crippen LogP contribution in [0.25, 0.3) is 76.9 Å². The summed E-state index contributed by atoms with van der Waals surface area (Å²) in [5.74, 6) is 0. The van der Waals surface area contributed by atoms with Crippen molar-refractivity contribution in [2.24, 2.45) is 0 Å². The summed E-state index contributed by atoms with van der Waals surface area (Å²) >= 11 is 0. The lowest BCUT2D eigenvalue weighted by atomic mass is 9.80. The zero-order chi connectivity index (χ0) is 28.0. The van der Waals surface area contributed by atoms with Crippen molar-refractivity contribution in [1.82, 2.24) is 0 Å². The lowest BCUT2D eigenvalue weighted by Crippen LogP contribution is -2.14. The lowest BCUT2D eigenvalue weighted by Gasteiger charge is -2.22. The molecule has 1 aliphatic rings. The Balaban J connectivity index is 1.41. The van der Waals surface area contributed by atoms with Crippen LogP contribution in [0.3, 0.4) is 0 Å². The third kappa shape index (κ3) is 3.14. The quantitative estimate of drug-likeness (QED) is 0.214. The summed E-state index contributed by atoms with van der Waals surface area (Å²) in [6, 6.07) is 48.6. The van der Waals surface area contributed by atoms with Gasteiger partial charge in [0.2, 0.25) is 0 Å². The van der Waals surface area contributed by atoms with Crippen molar-refractivity contribution in [1.29, 1.82) is 0 Å². The van der Waals surface area contributed by atoms with E-state index < -0.39 is 0 Å². The molecule has 0 spiro atoms. The molecule has 1 heteroatoms. The first kappa shape index (κ1) is 23.6. The van der Waals surface area contributed by atoms with Crippen LogP contribution in [0.2, 0.25) is 0 Å². The number of fused-ring (bicyclic) bond motifs is 8. The maximum absolute atomic E-state index is 6.80. The molecular weight excluding hydrogens is 508 g/mol. The van der Waals surface area contributed by atoms with E-state index in [4.69, 9.17) is 4.42 Å². The zero-order valence-electron chi connectivity index (χ0n) is 23.6. The first-order valence-electron chi connectivity index (χ1n) is 14.7. The molecule has 42 heavy (non-hydrogen) atoms.